The van der Waals surface area contributed by atoms with E-state index >= 15 is 0 Å². The standard InChI is InChI=1S/C14H16O2Se/c1-16-14(15)11-5-3-4-8-12-9-6-7-10-13(12)17-2/h6-7,9-10H,3,5,11H2,1-2H3. The number of carbonyl (C=O) groups excluding carboxylic acids is 1. The van der Waals surface area contributed by atoms with Crippen LogP contribution in [0.3, 0.4) is 0 Å². The van der Waals surface area contributed by atoms with Crippen molar-refractivity contribution in [2.45, 2.75) is 25.1 Å². The van der Waals surface area contributed by atoms with Gasteiger partial charge in [-0.2, -0.15) is 0 Å². The van der Waals surface area contributed by atoms with Gasteiger partial charge in [-0.3, -0.25) is 0 Å². The average molecular weight is 295 g/mol. The molecule has 0 aliphatic rings. The van der Waals surface area contributed by atoms with Crippen molar-refractivity contribution < 1.29 is 9.53 Å². The molecule has 0 N–H and O–H groups in total. The molecular weight excluding hydrogens is 279 g/mol. The van der Waals surface area contributed by atoms with Crippen LogP contribution in [0.1, 0.15) is 24.8 Å². The molecule has 0 amide bonds. The predicted octanol–water partition coefficient (Wildman–Crippen LogP) is 1.76. The quantitative estimate of drug-likeness (QED) is 0.366. The molecule has 0 saturated carbocycles. The van der Waals surface area contributed by atoms with E-state index in [-0.39, 0.29) is 5.97 Å². The van der Waals surface area contributed by atoms with E-state index in [1.807, 2.05) is 18.2 Å². The average Bonchev–Trinajstić information content (AvgIpc) is 2.38. The molecule has 0 bridgehead atoms. The number of rotatable bonds is 4. The summed E-state index contributed by atoms with van der Waals surface area (Å²) in [4.78, 5) is 10.9. The van der Waals surface area contributed by atoms with E-state index in [0.717, 1.165) is 18.4 Å². The van der Waals surface area contributed by atoms with Crippen molar-refractivity contribution in [2.75, 3.05) is 7.11 Å². The molecule has 90 valence electrons. The third-order valence-electron chi connectivity index (χ3n) is 2.24. The molecule has 2 nitrogen and oxygen atoms in total. The summed E-state index contributed by atoms with van der Waals surface area (Å²) in [6.07, 6.45) is 1.95. The Morgan fingerprint density at radius 2 is 2.18 bits per heavy atom. The zero-order valence-corrected chi connectivity index (χ0v) is 11.9. The summed E-state index contributed by atoms with van der Waals surface area (Å²) in [5.74, 6) is 8.30. The maximum atomic E-state index is 10.9. The topological polar surface area (TPSA) is 26.3 Å². The molecule has 1 rings (SSSR count). The zero-order valence-electron chi connectivity index (χ0n) is 10.2. The van der Waals surface area contributed by atoms with Crippen molar-refractivity contribution in [3.05, 3.63) is 29.8 Å². The van der Waals surface area contributed by atoms with E-state index in [0.29, 0.717) is 21.4 Å². The fourth-order valence-corrected chi connectivity index (χ4v) is 2.49. The van der Waals surface area contributed by atoms with Crippen molar-refractivity contribution in [2.24, 2.45) is 0 Å². The van der Waals surface area contributed by atoms with E-state index in [4.69, 9.17) is 0 Å². The molecule has 0 aromatic heterocycles. The molecule has 1 aromatic carbocycles. The first-order valence-corrected chi connectivity index (χ1v) is 8.03. The van der Waals surface area contributed by atoms with Gasteiger partial charge in [-0.15, -0.1) is 0 Å². The number of methoxy groups -OCH3 is 1. The summed E-state index contributed by atoms with van der Waals surface area (Å²) in [6.45, 7) is 0. The first-order valence-electron chi connectivity index (χ1n) is 5.46. The summed E-state index contributed by atoms with van der Waals surface area (Å²) in [5, 5.41) is 0. The van der Waals surface area contributed by atoms with Gasteiger partial charge < -0.3 is 0 Å². The Hall–Kier alpha value is -1.23. The maximum absolute atomic E-state index is 10.9. The summed E-state index contributed by atoms with van der Waals surface area (Å²) in [6, 6.07) is 8.23. The van der Waals surface area contributed by atoms with Crippen LogP contribution < -0.4 is 4.46 Å². The minimum atomic E-state index is -0.163. The Morgan fingerprint density at radius 3 is 2.88 bits per heavy atom. The van der Waals surface area contributed by atoms with Gasteiger partial charge in [0.05, 0.1) is 0 Å². The van der Waals surface area contributed by atoms with Crippen LogP contribution in [0, 0.1) is 11.8 Å². The van der Waals surface area contributed by atoms with E-state index < -0.39 is 0 Å². The summed E-state index contributed by atoms with van der Waals surface area (Å²) < 4.78 is 5.90. The van der Waals surface area contributed by atoms with Crippen LogP contribution >= 0.6 is 0 Å². The molecular formula is C14H16O2Se. The fourth-order valence-electron chi connectivity index (χ4n) is 1.33. The van der Waals surface area contributed by atoms with Crippen LogP contribution in [-0.2, 0) is 9.53 Å². The van der Waals surface area contributed by atoms with E-state index in [2.05, 4.69) is 28.5 Å². The van der Waals surface area contributed by atoms with Crippen molar-refractivity contribution in [3.63, 3.8) is 0 Å². The zero-order chi connectivity index (χ0) is 12.5. The van der Waals surface area contributed by atoms with Crippen molar-refractivity contribution in [1.29, 1.82) is 0 Å². The van der Waals surface area contributed by atoms with Gasteiger partial charge in [0.15, 0.2) is 0 Å². The van der Waals surface area contributed by atoms with Gasteiger partial charge in [0.25, 0.3) is 0 Å². The molecule has 0 spiro atoms. The number of hydrogen-bond donors (Lipinski definition) is 0. The van der Waals surface area contributed by atoms with Crippen LogP contribution in [0.15, 0.2) is 24.3 Å². The van der Waals surface area contributed by atoms with Crippen LogP contribution in [0.2, 0.25) is 5.82 Å². The van der Waals surface area contributed by atoms with Crippen LogP contribution in [0.5, 0.6) is 0 Å². The number of carbonyl (C=O) groups is 1. The van der Waals surface area contributed by atoms with Gasteiger partial charge in [0.1, 0.15) is 0 Å². The SMILES string of the molecule is COC(=O)CCCC#Cc1ccccc1[Se]C. The van der Waals surface area contributed by atoms with Crippen molar-refractivity contribution in [3.8, 4) is 11.8 Å². The number of hydrogen-bond acceptors (Lipinski definition) is 2. The molecule has 0 aliphatic carbocycles. The number of ether oxygens (including phenoxy) is 1. The van der Waals surface area contributed by atoms with Gasteiger partial charge in [0.2, 0.25) is 0 Å². The Kier molecular flexibility index (Phi) is 6.47. The second kappa shape index (κ2) is 7.95. The van der Waals surface area contributed by atoms with E-state index in [9.17, 15) is 4.79 Å². The van der Waals surface area contributed by atoms with Crippen molar-refractivity contribution in [1.82, 2.24) is 0 Å². The number of benzene rings is 1. The predicted molar refractivity (Wildman–Crippen MR) is 70.4 cm³/mol. The third kappa shape index (κ3) is 5.08. The Labute approximate surface area is 109 Å². The van der Waals surface area contributed by atoms with Gasteiger partial charge >= 0.3 is 109 Å². The second-order valence-electron chi connectivity index (χ2n) is 3.43. The minimum absolute atomic E-state index is 0.163. The first kappa shape index (κ1) is 13.8. The monoisotopic (exact) mass is 296 g/mol. The summed E-state index contributed by atoms with van der Waals surface area (Å²) >= 11 is 0.470. The van der Waals surface area contributed by atoms with Crippen molar-refractivity contribution >= 4 is 25.4 Å². The third-order valence-corrected chi connectivity index (χ3v) is 3.91. The Balaban J connectivity index is 2.46. The fraction of sp³-hybridized carbons (Fsp3) is 0.357. The molecule has 0 heterocycles. The first-order chi connectivity index (χ1) is 8.27. The van der Waals surface area contributed by atoms with Gasteiger partial charge in [-0.1, -0.05) is 0 Å². The van der Waals surface area contributed by atoms with Crippen LogP contribution in [0.4, 0.5) is 0 Å². The summed E-state index contributed by atoms with van der Waals surface area (Å²) in [7, 11) is 1.41. The number of unbranched alkanes of at least 4 members (excludes halogenated alkanes) is 1. The molecule has 0 aliphatic heterocycles. The van der Waals surface area contributed by atoms with Crippen LogP contribution in [0.25, 0.3) is 0 Å². The second-order valence-corrected chi connectivity index (χ2v) is 5.21. The van der Waals surface area contributed by atoms with Gasteiger partial charge in [0, 0.05) is 0 Å². The molecule has 0 radical (unpaired) electrons. The molecule has 0 saturated heterocycles. The summed E-state index contributed by atoms with van der Waals surface area (Å²) in [5.41, 5.74) is 1.12. The number of esters is 1. The molecule has 17 heavy (non-hydrogen) atoms. The van der Waals surface area contributed by atoms with E-state index in [1.165, 1.54) is 11.6 Å². The molecule has 0 unspecified atom stereocenters. The Morgan fingerprint density at radius 1 is 1.41 bits per heavy atom. The molecule has 3 heteroatoms. The normalized spacial score (nSPS) is 9.29. The van der Waals surface area contributed by atoms with E-state index in [1.54, 1.807) is 0 Å². The van der Waals surface area contributed by atoms with Gasteiger partial charge in [-0.25, -0.2) is 0 Å². The van der Waals surface area contributed by atoms with Crippen LogP contribution in [-0.4, -0.2) is 28.0 Å². The van der Waals surface area contributed by atoms with Gasteiger partial charge in [-0.05, 0) is 0 Å². The molecule has 1 aromatic rings. The molecule has 0 atom stereocenters. The molecule has 0 fully saturated rings. The Bertz CT molecular complexity index is 429.